The molecule has 0 radical (unpaired) electrons. The van der Waals surface area contributed by atoms with Crippen LogP contribution in [0.15, 0.2) is 35.4 Å². The Morgan fingerprint density at radius 1 is 1.50 bits per heavy atom. The first-order chi connectivity index (χ1) is 5.70. The summed E-state index contributed by atoms with van der Waals surface area (Å²) in [6.07, 6.45) is 8.09. The molecule has 0 saturated heterocycles. The number of allylic oxidation sites excluding steroid dienone is 3. The van der Waals surface area contributed by atoms with Crippen molar-refractivity contribution >= 4 is 15.9 Å². The highest BCUT2D eigenvalue weighted by atomic mass is 79.9. The van der Waals surface area contributed by atoms with Crippen LogP contribution in [0.25, 0.3) is 0 Å². The van der Waals surface area contributed by atoms with E-state index in [-0.39, 0.29) is 0 Å². The topological polar surface area (TPSA) is 3.24 Å². The van der Waals surface area contributed by atoms with Crippen molar-refractivity contribution in [3.05, 3.63) is 35.4 Å². The Labute approximate surface area is 83.6 Å². The van der Waals surface area contributed by atoms with Crippen LogP contribution in [0.2, 0.25) is 0 Å². The quantitative estimate of drug-likeness (QED) is 0.518. The van der Waals surface area contributed by atoms with E-state index >= 15 is 0 Å². The highest BCUT2D eigenvalue weighted by Crippen LogP contribution is 2.04. The molecule has 0 rings (SSSR count). The second kappa shape index (κ2) is 7.32. The molecule has 0 aliphatic rings. The maximum absolute atomic E-state index is 3.67. The van der Waals surface area contributed by atoms with Gasteiger partial charge in [-0.25, -0.2) is 0 Å². The molecule has 0 amide bonds. The van der Waals surface area contributed by atoms with Gasteiger partial charge in [0.05, 0.1) is 0 Å². The fraction of sp³-hybridized carbons (Fsp3) is 0.400. The van der Waals surface area contributed by atoms with Gasteiger partial charge in [-0.15, -0.1) is 6.58 Å². The molecule has 1 nitrogen and oxygen atoms in total. The summed E-state index contributed by atoms with van der Waals surface area (Å²) in [5, 5.41) is 0. The smallest absolute Gasteiger partial charge is 0.0166 e. The predicted molar refractivity (Wildman–Crippen MR) is 59.5 cm³/mol. The van der Waals surface area contributed by atoms with Crippen molar-refractivity contribution in [3.8, 4) is 0 Å². The zero-order chi connectivity index (χ0) is 9.40. The maximum Gasteiger partial charge on any atom is 0.0166 e. The van der Waals surface area contributed by atoms with Crippen molar-refractivity contribution < 1.29 is 0 Å². The largest absolute Gasteiger partial charge is 0.299 e. The Kier molecular flexibility index (Phi) is 7.11. The molecule has 0 aromatic carbocycles. The van der Waals surface area contributed by atoms with Gasteiger partial charge in [-0.05, 0) is 14.0 Å². The van der Waals surface area contributed by atoms with Gasteiger partial charge in [-0.3, -0.25) is 4.90 Å². The summed E-state index contributed by atoms with van der Waals surface area (Å²) in [5.41, 5.74) is 0. The molecule has 0 aliphatic heterocycles. The summed E-state index contributed by atoms with van der Waals surface area (Å²) in [6, 6.07) is 0. The number of hydrogen-bond acceptors (Lipinski definition) is 1. The van der Waals surface area contributed by atoms with Crippen LogP contribution in [0.3, 0.4) is 0 Å². The van der Waals surface area contributed by atoms with E-state index in [1.807, 2.05) is 19.1 Å². The van der Waals surface area contributed by atoms with Crippen LogP contribution in [-0.4, -0.2) is 25.0 Å². The van der Waals surface area contributed by atoms with Crippen LogP contribution in [0.5, 0.6) is 0 Å². The number of halogens is 1. The van der Waals surface area contributed by atoms with Crippen LogP contribution in [0.1, 0.15) is 6.92 Å². The standard InChI is InChI=1S/C10H16BrN/c1-4-8-12(3)9-6-7-10(11)5-2/h4-7H,1,8-9H2,2-3H3/b7-6+,10-5-. The minimum absolute atomic E-state index is 0.928. The zero-order valence-corrected chi connectivity index (χ0v) is 9.34. The molecule has 0 atom stereocenters. The van der Waals surface area contributed by atoms with E-state index in [2.05, 4.69) is 46.6 Å². The van der Waals surface area contributed by atoms with Gasteiger partial charge in [-0.1, -0.05) is 40.2 Å². The third-order valence-corrected chi connectivity index (χ3v) is 2.13. The minimum atomic E-state index is 0.928. The van der Waals surface area contributed by atoms with Gasteiger partial charge in [0.2, 0.25) is 0 Å². The van der Waals surface area contributed by atoms with Crippen molar-refractivity contribution in [2.75, 3.05) is 20.1 Å². The normalized spacial score (nSPS) is 12.8. The Morgan fingerprint density at radius 2 is 2.17 bits per heavy atom. The lowest BCUT2D eigenvalue weighted by Gasteiger charge is -2.09. The molecule has 0 aromatic rings. The van der Waals surface area contributed by atoms with E-state index in [0.717, 1.165) is 17.6 Å². The first-order valence-corrected chi connectivity index (χ1v) is 4.77. The molecule has 0 fully saturated rings. The third kappa shape index (κ3) is 6.38. The molecule has 2 heteroatoms. The summed E-state index contributed by atoms with van der Waals surface area (Å²) >= 11 is 3.40. The Balaban J connectivity index is 3.66. The van der Waals surface area contributed by atoms with Gasteiger partial charge >= 0.3 is 0 Å². The van der Waals surface area contributed by atoms with E-state index in [0.29, 0.717) is 0 Å². The van der Waals surface area contributed by atoms with E-state index in [1.165, 1.54) is 0 Å². The average molecular weight is 230 g/mol. The summed E-state index contributed by atoms with van der Waals surface area (Å²) in [7, 11) is 2.07. The van der Waals surface area contributed by atoms with Gasteiger partial charge in [0, 0.05) is 17.6 Å². The Hall–Kier alpha value is -0.340. The van der Waals surface area contributed by atoms with Gasteiger partial charge in [0.25, 0.3) is 0 Å². The molecule has 0 heterocycles. The molecular formula is C10H16BrN. The first kappa shape index (κ1) is 11.7. The van der Waals surface area contributed by atoms with Gasteiger partial charge < -0.3 is 0 Å². The lowest BCUT2D eigenvalue weighted by atomic mass is 10.4. The lowest BCUT2D eigenvalue weighted by molar-refractivity contribution is 0.413. The van der Waals surface area contributed by atoms with Crippen molar-refractivity contribution in [3.63, 3.8) is 0 Å². The second-order valence-electron chi connectivity index (χ2n) is 2.59. The Bertz CT molecular complexity index is 182. The molecule has 0 bridgehead atoms. The van der Waals surface area contributed by atoms with Gasteiger partial charge in [0.15, 0.2) is 0 Å². The molecule has 0 N–H and O–H groups in total. The van der Waals surface area contributed by atoms with Crippen LogP contribution in [0, 0.1) is 0 Å². The van der Waals surface area contributed by atoms with Crippen molar-refractivity contribution in [2.24, 2.45) is 0 Å². The molecule has 0 unspecified atom stereocenters. The molecule has 0 spiro atoms. The van der Waals surface area contributed by atoms with E-state index in [9.17, 15) is 0 Å². The summed E-state index contributed by atoms with van der Waals surface area (Å²) in [6.45, 7) is 7.56. The van der Waals surface area contributed by atoms with Crippen LogP contribution in [0.4, 0.5) is 0 Å². The van der Waals surface area contributed by atoms with Gasteiger partial charge in [0.1, 0.15) is 0 Å². The van der Waals surface area contributed by atoms with Crippen molar-refractivity contribution in [1.29, 1.82) is 0 Å². The summed E-state index contributed by atoms with van der Waals surface area (Å²) in [4.78, 5) is 2.18. The summed E-state index contributed by atoms with van der Waals surface area (Å²) < 4.78 is 1.12. The number of hydrogen-bond donors (Lipinski definition) is 0. The number of likely N-dealkylation sites (N-methyl/N-ethyl adjacent to an activating group) is 1. The maximum atomic E-state index is 3.67. The third-order valence-electron chi connectivity index (χ3n) is 1.41. The Morgan fingerprint density at radius 3 is 2.67 bits per heavy atom. The van der Waals surface area contributed by atoms with E-state index in [4.69, 9.17) is 0 Å². The zero-order valence-electron chi connectivity index (χ0n) is 7.76. The molecule has 0 aliphatic carbocycles. The van der Waals surface area contributed by atoms with Gasteiger partial charge in [-0.2, -0.15) is 0 Å². The monoisotopic (exact) mass is 229 g/mol. The highest BCUT2D eigenvalue weighted by Gasteiger charge is 1.89. The van der Waals surface area contributed by atoms with Crippen LogP contribution < -0.4 is 0 Å². The molecule has 68 valence electrons. The highest BCUT2D eigenvalue weighted by molar-refractivity contribution is 9.11. The predicted octanol–water partition coefficient (Wildman–Crippen LogP) is 2.96. The molecular weight excluding hydrogens is 214 g/mol. The average Bonchev–Trinajstić information content (AvgIpc) is 2.04. The van der Waals surface area contributed by atoms with Crippen molar-refractivity contribution in [2.45, 2.75) is 6.92 Å². The molecule has 0 aromatic heterocycles. The van der Waals surface area contributed by atoms with E-state index in [1.54, 1.807) is 0 Å². The fourth-order valence-electron chi connectivity index (χ4n) is 0.736. The van der Waals surface area contributed by atoms with Crippen LogP contribution >= 0.6 is 15.9 Å². The molecule has 0 saturated carbocycles. The van der Waals surface area contributed by atoms with Crippen LogP contribution in [-0.2, 0) is 0 Å². The van der Waals surface area contributed by atoms with E-state index < -0.39 is 0 Å². The SMILES string of the molecule is C=CCN(C)C/C=C/C(Br)=C/C. The number of rotatable bonds is 5. The summed E-state index contributed by atoms with van der Waals surface area (Å²) in [5.74, 6) is 0. The minimum Gasteiger partial charge on any atom is -0.299 e. The van der Waals surface area contributed by atoms with Crippen molar-refractivity contribution in [1.82, 2.24) is 4.90 Å². The second-order valence-corrected chi connectivity index (χ2v) is 3.50. The molecule has 12 heavy (non-hydrogen) atoms. The number of nitrogens with zero attached hydrogens (tertiary/aromatic N) is 1. The lowest BCUT2D eigenvalue weighted by Crippen LogP contribution is -2.17. The fourth-order valence-corrected chi connectivity index (χ4v) is 0.923. The first-order valence-electron chi connectivity index (χ1n) is 3.98.